The number of rotatable bonds is 3. The summed E-state index contributed by atoms with van der Waals surface area (Å²) in [7, 11) is 0. The largest absolute Gasteiger partial charge is 0.489 e. The Bertz CT molecular complexity index is 291. The predicted octanol–water partition coefficient (Wildman–Crippen LogP) is 4.29. The van der Waals surface area contributed by atoms with Crippen molar-refractivity contribution in [2.45, 2.75) is 4.84 Å². The fourth-order valence-electron chi connectivity index (χ4n) is 0.745. The van der Waals surface area contributed by atoms with Crippen molar-refractivity contribution >= 4 is 50.7 Å². The molecular formula is C8H6BrCl3O. The summed E-state index contributed by atoms with van der Waals surface area (Å²) in [6.45, 7) is 0.227. The zero-order valence-electron chi connectivity index (χ0n) is 6.44. The third-order valence-electron chi connectivity index (χ3n) is 1.26. The van der Waals surface area contributed by atoms with Gasteiger partial charge in [0.05, 0.1) is 5.02 Å². The van der Waals surface area contributed by atoms with Gasteiger partial charge in [-0.15, -0.1) is 23.2 Å². The molecule has 0 aliphatic heterocycles. The van der Waals surface area contributed by atoms with Crippen LogP contribution >= 0.6 is 50.7 Å². The minimum atomic E-state index is -0.542. The highest BCUT2D eigenvalue weighted by Crippen LogP contribution is 2.28. The molecule has 0 aliphatic carbocycles. The average molecular weight is 304 g/mol. The molecule has 0 heterocycles. The van der Waals surface area contributed by atoms with Crippen molar-refractivity contribution in [2.24, 2.45) is 0 Å². The van der Waals surface area contributed by atoms with Crippen LogP contribution in [0.25, 0.3) is 0 Å². The highest BCUT2D eigenvalue weighted by atomic mass is 79.9. The van der Waals surface area contributed by atoms with Crippen molar-refractivity contribution in [1.29, 1.82) is 0 Å². The van der Waals surface area contributed by atoms with Gasteiger partial charge in [0, 0.05) is 4.47 Å². The predicted molar refractivity (Wildman–Crippen MR) is 60.1 cm³/mol. The van der Waals surface area contributed by atoms with Gasteiger partial charge in [0.25, 0.3) is 0 Å². The van der Waals surface area contributed by atoms with Crippen LogP contribution in [0.2, 0.25) is 5.02 Å². The van der Waals surface area contributed by atoms with Crippen LogP contribution in [-0.4, -0.2) is 11.4 Å². The highest BCUT2D eigenvalue weighted by molar-refractivity contribution is 9.10. The molecular weight excluding hydrogens is 298 g/mol. The Balaban J connectivity index is 2.67. The van der Waals surface area contributed by atoms with Crippen LogP contribution in [0.1, 0.15) is 0 Å². The fourth-order valence-corrected chi connectivity index (χ4v) is 1.60. The molecule has 5 heteroatoms. The summed E-state index contributed by atoms with van der Waals surface area (Å²) in [6.07, 6.45) is 0. The van der Waals surface area contributed by atoms with E-state index in [2.05, 4.69) is 15.9 Å². The van der Waals surface area contributed by atoms with Crippen LogP contribution in [-0.2, 0) is 0 Å². The first-order valence-corrected chi connectivity index (χ1v) is 5.50. The van der Waals surface area contributed by atoms with Gasteiger partial charge in [0.1, 0.15) is 17.2 Å². The van der Waals surface area contributed by atoms with Crippen molar-refractivity contribution in [3.8, 4) is 5.75 Å². The SMILES string of the molecule is Clc1cc(Br)ccc1OCC(Cl)Cl. The van der Waals surface area contributed by atoms with Gasteiger partial charge in [-0.1, -0.05) is 27.5 Å². The molecule has 0 fully saturated rings. The maximum atomic E-state index is 5.87. The molecule has 0 amide bonds. The Morgan fingerprint density at radius 1 is 1.38 bits per heavy atom. The topological polar surface area (TPSA) is 9.23 Å². The van der Waals surface area contributed by atoms with E-state index in [0.29, 0.717) is 10.8 Å². The van der Waals surface area contributed by atoms with Gasteiger partial charge >= 0.3 is 0 Å². The summed E-state index contributed by atoms with van der Waals surface area (Å²) >= 11 is 20.2. The lowest BCUT2D eigenvalue weighted by Crippen LogP contribution is -2.05. The molecule has 72 valence electrons. The lowest BCUT2D eigenvalue weighted by molar-refractivity contribution is 0.335. The van der Waals surface area contributed by atoms with E-state index in [4.69, 9.17) is 39.5 Å². The summed E-state index contributed by atoms with van der Waals surface area (Å²) in [6, 6.07) is 5.33. The molecule has 0 bridgehead atoms. The third-order valence-corrected chi connectivity index (χ3v) is 2.30. The number of alkyl halides is 2. The molecule has 0 aliphatic rings. The standard InChI is InChI=1S/C8H6BrCl3O/c9-5-1-2-7(6(10)3-5)13-4-8(11)12/h1-3,8H,4H2. The number of halogens is 4. The van der Waals surface area contributed by atoms with Crippen molar-refractivity contribution in [3.05, 3.63) is 27.7 Å². The molecule has 1 aromatic rings. The van der Waals surface area contributed by atoms with E-state index >= 15 is 0 Å². The summed E-state index contributed by atoms with van der Waals surface area (Å²) < 4.78 is 6.14. The molecule has 0 unspecified atom stereocenters. The van der Waals surface area contributed by atoms with Crippen molar-refractivity contribution in [2.75, 3.05) is 6.61 Å². The molecule has 0 saturated heterocycles. The van der Waals surface area contributed by atoms with E-state index in [1.54, 1.807) is 12.1 Å². The minimum absolute atomic E-state index is 0.227. The van der Waals surface area contributed by atoms with E-state index in [1.165, 1.54) is 0 Å². The molecule has 0 atom stereocenters. The Morgan fingerprint density at radius 3 is 2.62 bits per heavy atom. The van der Waals surface area contributed by atoms with Crippen molar-refractivity contribution in [1.82, 2.24) is 0 Å². The Morgan fingerprint density at radius 2 is 2.08 bits per heavy atom. The zero-order chi connectivity index (χ0) is 9.84. The molecule has 1 nitrogen and oxygen atoms in total. The number of benzene rings is 1. The number of hydrogen-bond acceptors (Lipinski definition) is 1. The van der Waals surface area contributed by atoms with Gasteiger partial charge in [0.15, 0.2) is 0 Å². The molecule has 13 heavy (non-hydrogen) atoms. The van der Waals surface area contributed by atoms with E-state index in [-0.39, 0.29) is 6.61 Å². The van der Waals surface area contributed by atoms with Crippen LogP contribution in [0.3, 0.4) is 0 Å². The monoisotopic (exact) mass is 302 g/mol. The first kappa shape index (κ1) is 11.4. The van der Waals surface area contributed by atoms with E-state index in [1.807, 2.05) is 6.07 Å². The normalized spacial score (nSPS) is 10.5. The zero-order valence-corrected chi connectivity index (χ0v) is 10.3. The summed E-state index contributed by atoms with van der Waals surface area (Å²) in [5.41, 5.74) is 0. The van der Waals surface area contributed by atoms with Crippen LogP contribution in [0.4, 0.5) is 0 Å². The lowest BCUT2D eigenvalue weighted by atomic mass is 10.3. The molecule has 0 saturated carbocycles. The fraction of sp³-hybridized carbons (Fsp3) is 0.250. The number of hydrogen-bond donors (Lipinski definition) is 0. The quantitative estimate of drug-likeness (QED) is 0.757. The second kappa shape index (κ2) is 5.30. The summed E-state index contributed by atoms with van der Waals surface area (Å²) in [5, 5.41) is 0.531. The summed E-state index contributed by atoms with van der Waals surface area (Å²) in [4.78, 5) is -0.542. The second-order valence-electron chi connectivity index (χ2n) is 2.28. The van der Waals surface area contributed by atoms with E-state index < -0.39 is 4.84 Å². The Hall–Kier alpha value is 0.370. The summed E-state index contributed by atoms with van der Waals surface area (Å²) in [5.74, 6) is 0.580. The second-order valence-corrected chi connectivity index (χ2v) is 4.88. The lowest BCUT2D eigenvalue weighted by Gasteiger charge is -2.07. The average Bonchev–Trinajstić information content (AvgIpc) is 2.02. The third kappa shape index (κ3) is 3.94. The van der Waals surface area contributed by atoms with Crippen LogP contribution < -0.4 is 4.74 Å². The molecule has 1 aromatic carbocycles. The Labute approximate surface area is 100 Å². The molecule has 0 N–H and O–H groups in total. The van der Waals surface area contributed by atoms with Gasteiger partial charge in [-0.2, -0.15) is 0 Å². The van der Waals surface area contributed by atoms with Crippen molar-refractivity contribution in [3.63, 3.8) is 0 Å². The van der Waals surface area contributed by atoms with E-state index in [9.17, 15) is 0 Å². The molecule has 0 radical (unpaired) electrons. The van der Waals surface area contributed by atoms with Gasteiger partial charge < -0.3 is 4.74 Å². The Kier molecular flexibility index (Phi) is 4.67. The van der Waals surface area contributed by atoms with Gasteiger partial charge in [-0.25, -0.2) is 0 Å². The van der Waals surface area contributed by atoms with Gasteiger partial charge in [-0.05, 0) is 18.2 Å². The van der Waals surface area contributed by atoms with Crippen molar-refractivity contribution < 1.29 is 4.74 Å². The smallest absolute Gasteiger partial charge is 0.141 e. The van der Waals surface area contributed by atoms with Gasteiger partial charge in [-0.3, -0.25) is 0 Å². The maximum Gasteiger partial charge on any atom is 0.141 e. The molecule has 0 aromatic heterocycles. The first-order valence-electron chi connectivity index (χ1n) is 3.45. The highest BCUT2D eigenvalue weighted by Gasteiger charge is 2.04. The van der Waals surface area contributed by atoms with Gasteiger partial charge in [0.2, 0.25) is 0 Å². The van der Waals surface area contributed by atoms with Crippen LogP contribution in [0.15, 0.2) is 22.7 Å². The molecule has 0 spiro atoms. The minimum Gasteiger partial charge on any atom is -0.489 e. The van der Waals surface area contributed by atoms with Crippen LogP contribution in [0, 0.1) is 0 Å². The first-order chi connectivity index (χ1) is 6.09. The molecule has 1 rings (SSSR count). The van der Waals surface area contributed by atoms with E-state index in [0.717, 1.165) is 4.47 Å². The van der Waals surface area contributed by atoms with Crippen LogP contribution in [0.5, 0.6) is 5.75 Å². The number of ether oxygens (including phenoxy) is 1. The maximum absolute atomic E-state index is 5.87.